The summed E-state index contributed by atoms with van der Waals surface area (Å²) in [5.74, 6) is -0.313. The number of nitriles is 1. The van der Waals surface area contributed by atoms with Gasteiger partial charge in [-0.1, -0.05) is 42.5 Å². The number of carbonyl (C=O) groups excluding carboxylic acids is 1. The lowest BCUT2D eigenvalue weighted by Crippen LogP contribution is -2.07. The number of nitrogens with zero attached hydrogens (tertiary/aromatic N) is 1. The second kappa shape index (κ2) is 7.86. The molecule has 0 aliphatic carbocycles. The molecule has 0 radical (unpaired) electrons. The van der Waals surface area contributed by atoms with E-state index in [0.717, 1.165) is 18.4 Å². The van der Waals surface area contributed by atoms with Crippen molar-refractivity contribution in [3.05, 3.63) is 71.3 Å². The Kier molecular flexibility index (Phi) is 5.54. The van der Waals surface area contributed by atoms with Crippen molar-refractivity contribution in [3.63, 3.8) is 0 Å². The SMILES string of the molecule is N#CCc1ccc(C(=O)OCCCc2ccccc2)cc1. The zero-order valence-corrected chi connectivity index (χ0v) is 11.8. The van der Waals surface area contributed by atoms with Crippen molar-refractivity contribution >= 4 is 5.97 Å². The largest absolute Gasteiger partial charge is 0.462 e. The number of ether oxygens (including phenoxy) is 1. The molecule has 0 saturated carbocycles. The van der Waals surface area contributed by atoms with Crippen LogP contribution in [0.5, 0.6) is 0 Å². The lowest BCUT2D eigenvalue weighted by Gasteiger charge is -2.05. The van der Waals surface area contributed by atoms with Crippen LogP contribution in [0.2, 0.25) is 0 Å². The van der Waals surface area contributed by atoms with E-state index in [4.69, 9.17) is 10.00 Å². The smallest absolute Gasteiger partial charge is 0.338 e. The number of rotatable bonds is 6. The summed E-state index contributed by atoms with van der Waals surface area (Å²) in [6, 6.07) is 19.2. The van der Waals surface area contributed by atoms with Gasteiger partial charge in [0.1, 0.15) is 0 Å². The van der Waals surface area contributed by atoms with Gasteiger partial charge in [-0.3, -0.25) is 0 Å². The van der Waals surface area contributed by atoms with E-state index in [1.165, 1.54) is 5.56 Å². The van der Waals surface area contributed by atoms with Crippen LogP contribution in [0.25, 0.3) is 0 Å². The van der Waals surface area contributed by atoms with Gasteiger partial charge in [0, 0.05) is 0 Å². The fourth-order valence-electron chi connectivity index (χ4n) is 2.02. The number of esters is 1. The van der Waals surface area contributed by atoms with Gasteiger partial charge in [-0.05, 0) is 36.1 Å². The summed E-state index contributed by atoms with van der Waals surface area (Å²) < 4.78 is 5.25. The normalized spacial score (nSPS) is 9.86. The summed E-state index contributed by atoms with van der Waals surface area (Å²) in [6.45, 7) is 0.410. The van der Waals surface area contributed by atoms with Crippen LogP contribution in [0, 0.1) is 11.3 Å². The fraction of sp³-hybridized carbons (Fsp3) is 0.222. The number of carbonyl (C=O) groups is 1. The van der Waals surface area contributed by atoms with Gasteiger partial charge in [-0.25, -0.2) is 4.79 Å². The standard InChI is InChI=1S/C18H17NO2/c19-13-12-16-8-10-17(11-9-16)18(20)21-14-4-7-15-5-2-1-3-6-15/h1-3,5-6,8-11H,4,7,12,14H2. The van der Waals surface area contributed by atoms with Crippen LogP contribution in [0.15, 0.2) is 54.6 Å². The molecular weight excluding hydrogens is 262 g/mol. The molecule has 0 amide bonds. The zero-order valence-electron chi connectivity index (χ0n) is 11.8. The summed E-state index contributed by atoms with van der Waals surface area (Å²) in [7, 11) is 0. The first-order valence-corrected chi connectivity index (χ1v) is 6.96. The molecule has 21 heavy (non-hydrogen) atoms. The second-order valence-electron chi connectivity index (χ2n) is 4.76. The molecule has 0 unspecified atom stereocenters. The summed E-state index contributed by atoms with van der Waals surface area (Å²) in [4.78, 5) is 11.8. The summed E-state index contributed by atoms with van der Waals surface area (Å²) in [5.41, 5.74) is 2.67. The van der Waals surface area contributed by atoms with E-state index in [-0.39, 0.29) is 5.97 Å². The minimum atomic E-state index is -0.313. The van der Waals surface area contributed by atoms with Crippen molar-refractivity contribution < 1.29 is 9.53 Å². The monoisotopic (exact) mass is 279 g/mol. The van der Waals surface area contributed by atoms with E-state index in [2.05, 4.69) is 18.2 Å². The molecule has 3 nitrogen and oxygen atoms in total. The third-order valence-corrected chi connectivity index (χ3v) is 3.16. The van der Waals surface area contributed by atoms with Gasteiger partial charge in [0.2, 0.25) is 0 Å². The molecule has 0 heterocycles. The summed E-state index contributed by atoms with van der Waals surface area (Å²) in [6.07, 6.45) is 2.06. The van der Waals surface area contributed by atoms with Gasteiger partial charge in [0.05, 0.1) is 24.7 Å². The van der Waals surface area contributed by atoms with Crippen LogP contribution in [0.3, 0.4) is 0 Å². The number of hydrogen-bond donors (Lipinski definition) is 0. The Morgan fingerprint density at radius 1 is 1.00 bits per heavy atom. The fourth-order valence-corrected chi connectivity index (χ4v) is 2.02. The molecule has 2 aromatic rings. The molecule has 0 atom stereocenters. The number of aryl methyl sites for hydroxylation is 1. The second-order valence-corrected chi connectivity index (χ2v) is 4.76. The summed E-state index contributed by atoms with van der Waals surface area (Å²) >= 11 is 0. The van der Waals surface area contributed by atoms with E-state index in [1.807, 2.05) is 18.2 Å². The maximum Gasteiger partial charge on any atom is 0.338 e. The van der Waals surface area contributed by atoms with Crippen LogP contribution < -0.4 is 0 Å². The third-order valence-electron chi connectivity index (χ3n) is 3.16. The van der Waals surface area contributed by atoms with Gasteiger partial charge < -0.3 is 4.74 Å². The van der Waals surface area contributed by atoms with E-state index >= 15 is 0 Å². The minimum absolute atomic E-state index is 0.313. The molecule has 106 valence electrons. The van der Waals surface area contributed by atoms with Crippen LogP contribution >= 0.6 is 0 Å². The molecule has 2 aromatic carbocycles. The average molecular weight is 279 g/mol. The van der Waals surface area contributed by atoms with Crippen LogP contribution in [0.4, 0.5) is 0 Å². The van der Waals surface area contributed by atoms with Crippen molar-refractivity contribution in [2.24, 2.45) is 0 Å². The minimum Gasteiger partial charge on any atom is -0.462 e. The highest BCUT2D eigenvalue weighted by atomic mass is 16.5. The Hall–Kier alpha value is -2.60. The predicted molar refractivity (Wildman–Crippen MR) is 80.8 cm³/mol. The molecule has 0 aromatic heterocycles. The van der Waals surface area contributed by atoms with Crippen molar-refractivity contribution in [2.75, 3.05) is 6.61 Å². The lowest BCUT2D eigenvalue weighted by atomic mass is 10.1. The van der Waals surface area contributed by atoms with Gasteiger partial charge in [0.25, 0.3) is 0 Å². The van der Waals surface area contributed by atoms with Crippen molar-refractivity contribution in [1.29, 1.82) is 5.26 Å². The third kappa shape index (κ3) is 4.77. The lowest BCUT2D eigenvalue weighted by molar-refractivity contribution is 0.0500. The highest BCUT2D eigenvalue weighted by molar-refractivity contribution is 5.89. The maximum absolute atomic E-state index is 11.8. The maximum atomic E-state index is 11.8. The van der Waals surface area contributed by atoms with E-state index < -0.39 is 0 Å². The highest BCUT2D eigenvalue weighted by Gasteiger charge is 2.06. The van der Waals surface area contributed by atoms with Gasteiger partial charge in [0.15, 0.2) is 0 Å². The Balaban J connectivity index is 1.75. The van der Waals surface area contributed by atoms with Crippen molar-refractivity contribution in [3.8, 4) is 6.07 Å². The number of benzene rings is 2. The molecule has 0 spiro atoms. The Morgan fingerprint density at radius 2 is 1.71 bits per heavy atom. The molecule has 0 fully saturated rings. The zero-order chi connectivity index (χ0) is 14.9. The van der Waals surface area contributed by atoms with Gasteiger partial charge >= 0.3 is 5.97 Å². The molecule has 0 saturated heterocycles. The van der Waals surface area contributed by atoms with Gasteiger partial charge in [-0.2, -0.15) is 5.26 Å². The van der Waals surface area contributed by atoms with Gasteiger partial charge in [-0.15, -0.1) is 0 Å². The van der Waals surface area contributed by atoms with E-state index in [0.29, 0.717) is 18.6 Å². The topological polar surface area (TPSA) is 50.1 Å². The molecule has 0 N–H and O–H groups in total. The quantitative estimate of drug-likeness (QED) is 0.600. The molecule has 2 rings (SSSR count). The first kappa shape index (κ1) is 14.8. The average Bonchev–Trinajstić information content (AvgIpc) is 2.53. The molecule has 0 bridgehead atoms. The van der Waals surface area contributed by atoms with Crippen LogP contribution in [-0.4, -0.2) is 12.6 Å². The Bertz CT molecular complexity index is 612. The predicted octanol–water partition coefficient (Wildman–Crippen LogP) is 3.54. The van der Waals surface area contributed by atoms with E-state index in [1.54, 1.807) is 24.3 Å². The molecule has 0 aliphatic heterocycles. The molecule has 0 aliphatic rings. The molecular formula is C18H17NO2. The molecule has 3 heteroatoms. The van der Waals surface area contributed by atoms with Crippen molar-refractivity contribution in [1.82, 2.24) is 0 Å². The van der Waals surface area contributed by atoms with Crippen molar-refractivity contribution in [2.45, 2.75) is 19.3 Å². The van der Waals surface area contributed by atoms with E-state index in [9.17, 15) is 4.79 Å². The Labute approximate surface area is 124 Å². The first-order valence-electron chi connectivity index (χ1n) is 6.96. The first-order chi connectivity index (χ1) is 10.3. The summed E-state index contributed by atoms with van der Waals surface area (Å²) in [5, 5.41) is 8.59. The number of hydrogen-bond acceptors (Lipinski definition) is 3. The van der Waals surface area contributed by atoms with Crippen LogP contribution in [-0.2, 0) is 17.6 Å². The van der Waals surface area contributed by atoms with Crippen LogP contribution in [0.1, 0.15) is 27.9 Å². The Morgan fingerprint density at radius 3 is 2.38 bits per heavy atom. The highest BCUT2D eigenvalue weighted by Crippen LogP contribution is 2.08.